The molecule has 8 heteroatoms. The number of benzene rings is 1. The summed E-state index contributed by atoms with van der Waals surface area (Å²) in [5, 5.41) is 13.2. The van der Waals surface area contributed by atoms with E-state index in [4.69, 9.17) is 9.47 Å². The van der Waals surface area contributed by atoms with Crippen LogP contribution >= 0.6 is 0 Å². The summed E-state index contributed by atoms with van der Waals surface area (Å²) in [5.41, 5.74) is -1.28. The number of nitrogens with one attached hydrogen (secondary N) is 1. The second kappa shape index (κ2) is 8.15. The number of fused-ring (bicyclic) bond motifs is 1. The first-order chi connectivity index (χ1) is 15.2. The van der Waals surface area contributed by atoms with Gasteiger partial charge in [0.15, 0.2) is 0 Å². The van der Waals surface area contributed by atoms with Gasteiger partial charge in [-0.3, -0.25) is 14.4 Å². The lowest BCUT2D eigenvalue weighted by atomic mass is 9.66. The molecule has 4 rings (SSSR count). The predicted octanol–water partition coefficient (Wildman–Crippen LogP) is 1.57. The van der Waals surface area contributed by atoms with E-state index in [0.717, 1.165) is 5.56 Å². The molecular weight excluding hydrogens is 412 g/mol. The maximum atomic E-state index is 14.0. The summed E-state index contributed by atoms with van der Waals surface area (Å²) in [4.78, 5) is 41.9. The molecule has 2 bridgehead atoms. The Bertz CT molecular complexity index is 905. The van der Waals surface area contributed by atoms with E-state index < -0.39 is 41.1 Å². The van der Waals surface area contributed by atoms with Gasteiger partial charge in [0.05, 0.1) is 30.8 Å². The Morgan fingerprint density at radius 3 is 2.56 bits per heavy atom. The molecule has 6 atom stereocenters. The van der Waals surface area contributed by atoms with Gasteiger partial charge >= 0.3 is 5.97 Å². The number of hydrogen-bond acceptors (Lipinski definition) is 6. The number of nitrogens with zero attached hydrogens (tertiary/aromatic N) is 1. The molecule has 8 nitrogen and oxygen atoms in total. The molecule has 3 saturated heterocycles. The van der Waals surface area contributed by atoms with Gasteiger partial charge in [0.2, 0.25) is 11.8 Å². The molecule has 32 heavy (non-hydrogen) atoms. The molecule has 3 aliphatic rings. The number of rotatable bonds is 7. The van der Waals surface area contributed by atoms with E-state index in [1.54, 1.807) is 6.92 Å². The summed E-state index contributed by atoms with van der Waals surface area (Å²) < 4.78 is 11.8. The normalized spacial score (nSPS) is 34.0. The largest absolute Gasteiger partial charge is 0.466 e. The molecule has 3 fully saturated rings. The molecule has 0 saturated carbocycles. The first kappa shape index (κ1) is 22.7. The van der Waals surface area contributed by atoms with Crippen LogP contribution in [0.2, 0.25) is 0 Å². The number of esters is 1. The summed E-state index contributed by atoms with van der Waals surface area (Å²) in [7, 11) is 0. The second-order valence-electron chi connectivity index (χ2n) is 9.50. The van der Waals surface area contributed by atoms with Crippen LogP contribution in [0.5, 0.6) is 0 Å². The Labute approximate surface area is 188 Å². The Morgan fingerprint density at radius 1 is 1.28 bits per heavy atom. The summed E-state index contributed by atoms with van der Waals surface area (Å²) in [5.74, 6) is -2.78. The van der Waals surface area contributed by atoms with Crippen LogP contribution in [-0.2, 0) is 23.9 Å². The molecule has 1 aromatic rings. The van der Waals surface area contributed by atoms with Gasteiger partial charge in [-0.25, -0.2) is 0 Å². The van der Waals surface area contributed by atoms with Crippen molar-refractivity contribution >= 4 is 17.8 Å². The zero-order valence-corrected chi connectivity index (χ0v) is 19.0. The van der Waals surface area contributed by atoms with E-state index in [9.17, 15) is 19.5 Å². The first-order valence-electron chi connectivity index (χ1n) is 11.4. The van der Waals surface area contributed by atoms with Crippen molar-refractivity contribution in [2.75, 3.05) is 13.2 Å². The van der Waals surface area contributed by atoms with Crippen molar-refractivity contribution in [1.82, 2.24) is 10.2 Å². The third-order valence-corrected chi connectivity index (χ3v) is 7.13. The first-order valence-corrected chi connectivity index (χ1v) is 11.4. The van der Waals surface area contributed by atoms with Gasteiger partial charge in [-0.2, -0.15) is 0 Å². The maximum Gasteiger partial charge on any atom is 0.312 e. The fourth-order valence-electron chi connectivity index (χ4n) is 5.98. The van der Waals surface area contributed by atoms with Crippen LogP contribution < -0.4 is 5.32 Å². The SMILES string of the molecule is CCOC(=O)[C@@H]1[C@H]2C(=O)N([C@H](CO)c3ccccc3)C(C(=O)NC(C)C)C23CC[C@@]1(C)O3. The summed E-state index contributed by atoms with van der Waals surface area (Å²) >= 11 is 0. The van der Waals surface area contributed by atoms with Crippen LogP contribution in [0.25, 0.3) is 0 Å². The van der Waals surface area contributed by atoms with Gasteiger partial charge in [-0.15, -0.1) is 0 Å². The quantitative estimate of drug-likeness (QED) is 0.619. The fraction of sp³-hybridized carbons (Fsp3) is 0.625. The van der Waals surface area contributed by atoms with E-state index in [-0.39, 0.29) is 31.1 Å². The topological polar surface area (TPSA) is 105 Å². The van der Waals surface area contributed by atoms with E-state index in [0.29, 0.717) is 12.8 Å². The van der Waals surface area contributed by atoms with Gasteiger partial charge in [0, 0.05) is 6.04 Å². The average Bonchev–Trinajstić information content (AvgIpc) is 3.30. The second-order valence-corrected chi connectivity index (χ2v) is 9.50. The predicted molar refractivity (Wildman–Crippen MR) is 115 cm³/mol. The van der Waals surface area contributed by atoms with Crippen LogP contribution in [0.3, 0.4) is 0 Å². The smallest absolute Gasteiger partial charge is 0.312 e. The summed E-state index contributed by atoms with van der Waals surface area (Å²) in [6.45, 7) is 7.10. The van der Waals surface area contributed by atoms with Crippen LogP contribution in [0.15, 0.2) is 30.3 Å². The molecule has 0 radical (unpaired) electrons. The molecular formula is C24H32N2O6. The Hall–Kier alpha value is -2.45. The van der Waals surface area contributed by atoms with E-state index in [1.165, 1.54) is 4.90 Å². The third kappa shape index (κ3) is 3.23. The number of carbonyl (C=O) groups is 3. The van der Waals surface area contributed by atoms with Crippen LogP contribution in [0.1, 0.15) is 52.1 Å². The van der Waals surface area contributed by atoms with E-state index in [2.05, 4.69) is 5.32 Å². The highest BCUT2D eigenvalue weighted by atomic mass is 16.6. The number of hydrogen-bond donors (Lipinski definition) is 2. The minimum Gasteiger partial charge on any atom is -0.466 e. The Balaban J connectivity index is 1.83. The molecule has 2 amide bonds. The molecule has 3 heterocycles. The lowest BCUT2D eigenvalue weighted by molar-refractivity contribution is -0.160. The minimum absolute atomic E-state index is 0.144. The van der Waals surface area contributed by atoms with Gasteiger partial charge in [0.1, 0.15) is 17.6 Å². The van der Waals surface area contributed by atoms with Gasteiger partial charge in [-0.1, -0.05) is 30.3 Å². The van der Waals surface area contributed by atoms with Gasteiger partial charge in [0.25, 0.3) is 0 Å². The van der Waals surface area contributed by atoms with E-state index in [1.807, 2.05) is 51.1 Å². The van der Waals surface area contributed by atoms with Crippen LogP contribution in [0, 0.1) is 11.8 Å². The molecule has 1 spiro atoms. The zero-order valence-electron chi connectivity index (χ0n) is 19.0. The highest BCUT2D eigenvalue weighted by Gasteiger charge is 2.78. The van der Waals surface area contributed by atoms with Crippen molar-refractivity contribution in [3.63, 3.8) is 0 Å². The highest BCUT2D eigenvalue weighted by molar-refractivity contribution is 5.98. The Kier molecular flexibility index (Phi) is 5.79. The number of carbonyl (C=O) groups excluding carboxylic acids is 3. The standard InChI is InChI=1S/C24H32N2O6/c1-5-31-22(30)18-17-21(29)26(16(13-27)15-9-7-6-8-10-15)19(20(28)25-14(2)3)24(17)12-11-23(18,4)32-24/h6-10,14,16-19,27H,5,11-13H2,1-4H3,(H,25,28)/t16-,17+,18+,19?,23-,24?/m1/s1. The maximum absolute atomic E-state index is 14.0. The van der Waals surface area contributed by atoms with Crippen molar-refractivity contribution in [1.29, 1.82) is 0 Å². The van der Waals surface area contributed by atoms with Gasteiger partial charge < -0.3 is 24.8 Å². The van der Waals surface area contributed by atoms with Crippen molar-refractivity contribution in [3.05, 3.63) is 35.9 Å². The number of ether oxygens (including phenoxy) is 2. The van der Waals surface area contributed by atoms with Crippen molar-refractivity contribution in [2.45, 2.75) is 69.9 Å². The molecule has 2 unspecified atom stereocenters. The molecule has 2 N–H and O–H groups in total. The van der Waals surface area contributed by atoms with Crippen molar-refractivity contribution in [3.8, 4) is 0 Å². The third-order valence-electron chi connectivity index (χ3n) is 7.13. The lowest BCUT2D eigenvalue weighted by Crippen LogP contribution is -2.57. The Morgan fingerprint density at radius 2 is 1.97 bits per heavy atom. The molecule has 0 aliphatic carbocycles. The molecule has 0 aromatic heterocycles. The number of amides is 2. The van der Waals surface area contributed by atoms with Crippen molar-refractivity contribution < 1.29 is 29.0 Å². The zero-order chi connectivity index (χ0) is 23.3. The highest BCUT2D eigenvalue weighted by Crippen LogP contribution is 2.64. The lowest BCUT2D eigenvalue weighted by Gasteiger charge is -2.37. The molecule has 3 aliphatic heterocycles. The van der Waals surface area contributed by atoms with Crippen LogP contribution in [-0.4, -0.2) is 64.3 Å². The average molecular weight is 445 g/mol. The summed E-state index contributed by atoms with van der Waals surface area (Å²) in [6.07, 6.45) is 1.03. The molecule has 1 aromatic carbocycles. The summed E-state index contributed by atoms with van der Waals surface area (Å²) in [6, 6.07) is 7.30. The number of aliphatic hydroxyl groups is 1. The number of likely N-dealkylation sites (tertiary alicyclic amines) is 1. The van der Waals surface area contributed by atoms with Crippen LogP contribution in [0.4, 0.5) is 0 Å². The van der Waals surface area contributed by atoms with Gasteiger partial charge in [-0.05, 0) is 46.1 Å². The fourth-order valence-corrected chi connectivity index (χ4v) is 5.98. The van der Waals surface area contributed by atoms with E-state index >= 15 is 0 Å². The minimum atomic E-state index is -1.13. The molecule has 174 valence electrons. The monoisotopic (exact) mass is 444 g/mol. The van der Waals surface area contributed by atoms with Crippen molar-refractivity contribution in [2.24, 2.45) is 11.8 Å². The number of aliphatic hydroxyl groups excluding tert-OH is 1.